The van der Waals surface area contributed by atoms with E-state index in [1.165, 1.54) is 0 Å². The van der Waals surface area contributed by atoms with Crippen molar-refractivity contribution in [1.82, 2.24) is 25.7 Å². The average Bonchev–Trinajstić information content (AvgIpc) is 3.23. The van der Waals surface area contributed by atoms with E-state index in [-0.39, 0.29) is 29.9 Å². The van der Waals surface area contributed by atoms with E-state index in [1.54, 1.807) is 7.05 Å². The van der Waals surface area contributed by atoms with Crippen molar-refractivity contribution < 1.29 is 9.32 Å². The molecule has 0 unspecified atom stereocenters. The van der Waals surface area contributed by atoms with Gasteiger partial charge in [-0.25, -0.2) is 0 Å². The number of benzene rings is 1. The molecule has 0 saturated carbocycles. The van der Waals surface area contributed by atoms with Crippen LogP contribution in [0.1, 0.15) is 32.1 Å². The second kappa shape index (κ2) is 12.8. The van der Waals surface area contributed by atoms with Gasteiger partial charge in [0.2, 0.25) is 17.6 Å². The quantitative estimate of drug-likeness (QED) is 0.306. The number of aliphatic imine (C=N–C) groups is 1. The number of likely N-dealkylation sites (tertiary alicyclic amines) is 1. The maximum Gasteiger partial charge on any atom is 0.228 e. The third kappa shape index (κ3) is 7.64. The lowest BCUT2D eigenvalue weighted by Gasteiger charge is -2.34. The topological polar surface area (TPSA) is 95.7 Å². The second-order valence-corrected chi connectivity index (χ2v) is 7.75. The molecule has 1 aromatic carbocycles. The van der Waals surface area contributed by atoms with E-state index in [4.69, 9.17) is 21.1 Å². The van der Waals surface area contributed by atoms with Crippen molar-refractivity contribution in [1.29, 1.82) is 0 Å². The van der Waals surface area contributed by atoms with Gasteiger partial charge in [-0.15, -0.1) is 24.0 Å². The fraction of sp³-hybridized carbons (Fsp3) is 0.524. The Balaban J connectivity index is 0.00000341. The van der Waals surface area contributed by atoms with E-state index in [2.05, 4.69) is 32.6 Å². The van der Waals surface area contributed by atoms with Crippen molar-refractivity contribution in [3.8, 4) is 11.4 Å². The molecule has 8 nitrogen and oxygen atoms in total. The van der Waals surface area contributed by atoms with Crippen LogP contribution in [-0.4, -0.2) is 60.1 Å². The molecule has 170 valence electrons. The first-order valence-corrected chi connectivity index (χ1v) is 10.8. The monoisotopic (exact) mass is 560 g/mol. The van der Waals surface area contributed by atoms with Gasteiger partial charge in [0, 0.05) is 50.1 Å². The molecule has 1 amide bonds. The van der Waals surface area contributed by atoms with E-state index in [0.29, 0.717) is 42.0 Å². The van der Waals surface area contributed by atoms with Crippen molar-refractivity contribution >= 4 is 47.4 Å². The maximum atomic E-state index is 11.6. The van der Waals surface area contributed by atoms with E-state index < -0.39 is 0 Å². The summed E-state index contributed by atoms with van der Waals surface area (Å²) >= 11 is 6.03. The number of aromatic nitrogens is 2. The molecule has 3 rings (SSSR count). The van der Waals surface area contributed by atoms with Gasteiger partial charge < -0.3 is 20.1 Å². The van der Waals surface area contributed by atoms with Gasteiger partial charge in [-0.1, -0.05) is 28.9 Å². The Kier molecular flexibility index (Phi) is 10.5. The Hall–Kier alpha value is -1.88. The van der Waals surface area contributed by atoms with Crippen LogP contribution >= 0.6 is 35.6 Å². The molecule has 0 spiro atoms. The molecule has 31 heavy (non-hydrogen) atoms. The number of nitrogens with zero attached hydrogens (tertiary/aromatic N) is 4. The Morgan fingerprint density at radius 1 is 1.35 bits per heavy atom. The predicted octanol–water partition coefficient (Wildman–Crippen LogP) is 3.36. The minimum Gasteiger partial charge on any atom is -0.359 e. The molecule has 1 aliphatic heterocycles. The van der Waals surface area contributed by atoms with Crippen LogP contribution in [-0.2, 0) is 11.2 Å². The average molecular weight is 561 g/mol. The van der Waals surface area contributed by atoms with E-state index in [1.807, 2.05) is 24.3 Å². The number of amides is 1. The zero-order valence-electron chi connectivity index (χ0n) is 17.9. The Morgan fingerprint density at radius 3 is 2.81 bits per heavy atom. The highest BCUT2D eigenvalue weighted by Gasteiger charge is 2.23. The fourth-order valence-electron chi connectivity index (χ4n) is 3.50. The van der Waals surface area contributed by atoms with Crippen LogP contribution in [0.25, 0.3) is 11.4 Å². The number of piperidine rings is 1. The van der Waals surface area contributed by atoms with Crippen molar-refractivity contribution in [2.75, 3.05) is 33.2 Å². The summed E-state index contributed by atoms with van der Waals surface area (Å²) < 4.78 is 5.36. The molecule has 0 radical (unpaired) electrons. The summed E-state index contributed by atoms with van der Waals surface area (Å²) in [6.45, 7) is 5.21. The van der Waals surface area contributed by atoms with E-state index in [0.717, 1.165) is 44.0 Å². The second-order valence-electron chi connectivity index (χ2n) is 7.32. The summed E-state index contributed by atoms with van der Waals surface area (Å²) in [4.78, 5) is 23.0. The Morgan fingerprint density at radius 2 is 2.13 bits per heavy atom. The van der Waals surface area contributed by atoms with Crippen LogP contribution < -0.4 is 10.6 Å². The largest absolute Gasteiger partial charge is 0.359 e. The number of rotatable bonds is 7. The van der Waals surface area contributed by atoms with Crippen LogP contribution in [0.3, 0.4) is 0 Å². The first-order chi connectivity index (χ1) is 14.6. The molecule has 0 aliphatic carbocycles. The summed E-state index contributed by atoms with van der Waals surface area (Å²) in [5.74, 6) is 2.53. The zero-order chi connectivity index (χ0) is 21.3. The standard InChI is InChI=1S/C21H29ClN6O2.HI/c1-3-24-21(28-11-8-15(9-12-28)13-18(29)23-2)25-10-7-19-26-20(27-30-19)16-5-4-6-17(22)14-16;/h4-6,14-15H,3,7-13H2,1-2H3,(H,23,29)(H,24,25);1H. The minimum atomic E-state index is 0. The van der Waals surface area contributed by atoms with Gasteiger partial charge in [-0.3, -0.25) is 9.79 Å². The third-order valence-electron chi connectivity index (χ3n) is 5.14. The molecule has 0 atom stereocenters. The SMILES string of the molecule is CCNC(=NCCc1nc(-c2cccc(Cl)c2)no1)N1CCC(CC(=O)NC)CC1.I. The summed E-state index contributed by atoms with van der Waals surface area (Å²) in [5.41, 5.74) is 0.828. The van der Waals surface area contributed by atoms with Gasteiger partial charge in [0.15, 0.2) is 5.96 Å². The molecule has 2 heterocycles. The minimum absolute atomic E-state index is 0. The summed E-state index contributed by atoms with van der Waals surface area (Å²) in [5, 5.41) is 10.7. The molecule has 1 aliphatic rings. The maximum absolute atomic E-state index is 11.6. The molecule has 1 saturated heterocycles. The molecule has 2 N–H and O–H groups in total. The highest BCUT2D eigenvalue weighted by Crippen LogP contribution is 2.21. The fourth-order valence-corrected chi connectivity index (χ4v) is 3.69. The van der Waals surface area contributed by atoms with E-state index >= 15 is 0 Å². The lowest BCUT2D eigenvalue weighted by molar-refractivity contribution is -0.121. The van der Waals surface area contributed by atoms with Crippen LogP contribution in [0, 0.1) is 5.92 Å². The molecular weight excluding hydrogens is 531 g/mol. The number of carbonyl (C=O) groups is 1. The zero-order valence-corrected chi connectivity index (χ0v) is 21.0. The first-order valence-electron chi connectivity index (χ1n) is 10.4. The molecule has 1 aromatic heterocycles. The number of halogens is 2. The first kappa shape index (κ1) is 25.4. The van der Waals surface area contributed by atoms with Gasteiger partial charge >= 0.3 is 0 Å². The highest BCUT2D eigenvalue weighted by molar-refractivity contribution is 14.0. The lowest BCUT2D eigenvalue weighted by Crippen LogP contribution is -2.46. The Bertz CT molecular complexity index is 867. The highest BCUT2D eigenvalue weighted by atomic mass is 127. The molecule has 2 aromatic rings. The molecule has 1 fully saturated rings. The van der Waals surface area contributed by atoms with Crippen LogP contribution in [0.4, 0.5) is 0 Å². The number of guanidine groups is 1. The lowest BCUT2D eigenvalue weighted by atomic mass is 9.93. The number of carbonyl (C=O) groups excluding carboxylic acids is 1. The van der Waals surface area contributed by atoms with Gasteiger partial charge in [0.05, 0.1) is 6.54 Å². The van der Waals surface area contributed by atoms with Gasteiger partial charge in [0.25, 0.3) is 0 Å². The van der Waals surface area contributed by atoms with Crippen molar-refractivity contribution in [2.24, 2.45) is 10.9 Å². The van der Waals surface area contributed by atoms with E-state index in [9.17, 15) is 4.79 Å². The Labute approximate surface area is 205 Å². The van der Waals surface area contributed by atoms with Gasteiger partial charge in [0.1, 0.15) is 0 Å². The third-order valence-corrected chi connectivity index (χ3v) is 5.38. The van der Waals surface area contributed by atoms with Gasteiger partial charge in [-0.2, -0.15) is 4.98 Å². The number of hydrogen-bond acceptors (Lipinski definition) is 5. The van der Waals surface area contributed by atoms with Crippen molar-refractivity contribution in [3.05, 3.63) is 35.2 Å². The normalized spacial score (nSPS) is 14.8. The summed E-state index contributed by atoms with van der Waals surface area (Å²) in [7, 11) is 1.69. The van der Waals surface area contributed by atoms with Gasteiger partial charge in [-0.05, 0) is 37.8 Å². The smallest absolute Gasteiger partial charge is 0.228 e. The van der Waals surface area contributed by atoms with Crippen molar-refractivity contribution in [2.45, 2.75) is 32.6 Å². The van der Waals surface area contributed by atoms with Crippen LogP contribution in [0.2, 0.25) is 5.02 Å². The van der Waals surface area contributed by atoms with Crippen LogP contribution in [0.15, 0.2) is 33.8 Å². The summed E-state index contributed by atoms with van der Waals surface area (Å²) in [6, 6.07) is 7.38. The van der Waals surface area contributed by atoms with Crippen LogP contribution in [0.5, 0.6) is 0 Å². The summed E-state index contributed by atoms with van der Waals surface area (Å²) in [6.07, 6.45) is 3.15. The number of nitrogens with one attached hydrogen (secondary N) is 2. The molecule has 0 bridgehead atoms. The number of hydrogen-bond donors (Lipinski definition) is 2. The molecule has 10 heteroatoms. The van der Waals surface area contributed by atoms with Crippen molar-refractivity contribution in [3.63, 3.8) is 0 Å². The predicted molar refractivity (Wildman–Crippen MR) is 133 cm³/mol. The molecular formula is C21H30ClIN6O2.